The topological polar surface area (TPSA) is 74.8 Å². The van der Waals surface area contributed by atoms with Crippen LogP contribution in [0.25, 0.3) is 0 Å². The third kappa shape index (κ3) is 4.27. The molecule has 0 atom stereocenters. The number of amides is 2. The van der Waals surface area contributed by atoms with Gasteiger partial charge < -0.3 is 14.5 Å². The summed E-state index contributed by atoms with van der Waals surface area (Å²) in [6.07, 6.45) is 1.27. The average molecular weight is 360 g/mol. The van der Waals surface area contributed by atoms with Gasteiger partial charge in [-0.15, -0.1) is 11.3 Å². The van der Waals surface area contributed by atoms with E-state index in [1.165, 1.54) is 0 Å². The van der Waals surface area contributed by atoms with E-state index in [9.17, 15) is 9.59 Å². The number of carbonyl (C=O) groups is 2. The van der Waals surface area contributed by atoms with Gasteiger partial charge >= 0.3 is 6.09 Å². The van der Waals surface area contributed by atoms with E-state index in [0.29, 0.717) is 30.9 Å². The monoisotopic (exact) mass is 360 g/mol. The predicted molar refractivity (Wildman–Crippen MR) is 97.3 cm³/mol. The van der Waals surface area contributed by atoms with E-state index in [4.69, 9.17) is 4.74 Å². The number of nitrogens with one attached hydrogen (secondary N) is 1. The van der Waals surface area contributed by atoms with Gasteiger partial charge in [0.2, 0.25) is 0 Å². The number of nitrogens with zero attached hydrogens (tertiary/aromatic N) is 3. The number of rotatable bonds is 4. The van der Waals surface area contributed by atoms with Crippen molar-refractivity contribution in [3.05, 3.63) is 41.4 Å². The van der Waals surface area contributed by atoms with E-state index >= 15 is 0 Å². The molecule has 7 nitrogen and oxygen atoms in total. The lowest BCUT2D eigenvalue weighted by Crippen LogP contribution is -2.48. The van der Waals surface area contributed by atoms with Gasteiger partial charge in [-0.1, -0.05) is 6.07 Å². The molecule has 2 amide bonds. The molecule has 0 aliphatic carbocycles. The fourth-order valence-electron chi connectivity index (χ4n) is 2.67. The molecule has 132 valence electrons. The number of hydrogen-bond donors (Lipinski definition) is 1. The van der Waals surface area contributed by atoms with Crippen LogP contribution >= 0.6 is 11.3 Å². The van der Waals surface area contributed by atoms with Crippen LogP contribution in [0.4, 0.5) is 15.6 Å². The number of carbonyl (C=O) groups excluding carboxylic acids is 2. The molecule has 1 fully saturated rings. The third-order valence-electron chi connectivity index (χ3n) is 3.89. The Morgan fingerprint density at radius 1 is 1.28 bits per heavy atom. The van der Waals surface area contributed by atoms with E-state index in [1.807, 2.05) is 10.3 Å². The molecule has 0 bridgehead atoms. The lowest BCUT2D eigenvalue weighted by Gasteiger charge is -2.34. The smallest absolute Gasteiger partial charge is 0.411 e. The summed E-state index contributed by atoms with van der Waals surface area (Å²) in [6.45, 7) is 4.86. The van der Waals surface area contributed by atoms with Gasteiger partial charge in [-0.25, -0.2) is 9.78 Å². The summed E-state index contributed by atoms with van der Waals surface area (Å²) < 4.78 is 4.85. The summed E-state index contributed by atoms with van der Waals surface area (Å²) in [5, 5.41) is 5.57. The lowest BCUT2D eigenvalue weighted by atomic mass is 10.1. The molecular formula is C17H20N4O3S. The van der Waals surface area contributed by atoms with Gasteiger partial charge in [0.05, 0.1) is 6.61 Å². The summed E-state index contributed by atoms with van der Waals surface area (Å²) in [6, 6.07) is 6.91. The Labute approximate surface area is 150 Å². The van der Waals surface area contributed by atoms with Crippen molar-refractivity contribution >= 4 is 34.2 Å². The number of piperazine rings is 1. The Kier molecular flexibility index (Phi) is 5.49. The third-order valence-corrected chi connectivity index (χ3v) is 4.72. The highest BCUT2D eigenvalue weighted by Crippen LogP contribution is 2.20. The van der Waals surface area contributed by atoms with Crippen molar-refractivity contribution in [3.8, 4) is 0 Å². The number of aromatic nitrogens is 1. The maximum atomic E-state index is 12.7. The van der Waals surface area contributed by atoms with Crippen molar-refractivity contribution in [1.29, 1.82) is 0 Å². The number of thiazole rings is 1. The first-order chi connectivity index (χ1) is 12.2. The number of benzene rings is 1. The molecule has 0 saturated carbocycles. The van der Waals surface area contributed by atoms with E-state index in [0.717, 1.165) is 18.2 Å². The fourth-order valence-corrected chi connectivity index (χ4v) is 3.37. The highest BCUT2D eigenvalue weighted by molar-refractivity contribution is 7.13. The second kappa shape index (κ2) is 7.98. The van der Waals surface area contributed by atoms with Gasteiger partial charge in [-0.3, -0.25) is 10.1 Å². The fraction of sp³-hybridized carbons (Fsp3) is 0.353. The van der Waals surface area contributed by atoms with Crippen LogP contribution < -0.4 is 10.2 Å². The molecule has 25 heavy (non-hydrogen) atoms. The van der Waals surface area contributed by atoms with Gasteiger partial charge in [0.15, 0.2) is 5.13 Å². The Hall–Kier alpha value is -2.61. The maximum absolute atomic E-state index is 12.7. The molecule has 0 radical (unpaired) electrons. The van der Waals surface area contributed by atoms with Crippen LogP contribution in [0.2, 0.25) is 0 Å². The molecule has 1 aliphatic rings. The standard InChI is InChI=1S/C17H20N4O3S/c1-2-24-17(23)19-14-5-3-4-13(12-14)15(22)20-7-9-21(10-8-20)16-18-6-11-25-16/h3-6,11-12H,2,7-10H2,1H3,(H,19,23). The molecule has 1 aromatic carbocycles. The van der Waals surface area contributed by atoms with Crippen LogP contribution in [0.1, 0.15) is 17.3 Å². The molecule has 0 unspecified atom stereocenters. The lowest BCUT2D eigenvalue weighted by molar-refractivity contribution is 0.0746. The molecule has 1 aliphatic heterocycles. The minimum absolute atomic E-state index is 0.0358. The quantitative estimate of drug-likeness (QED) is 0.907. The Bertz CT molecular complexity index is 727. The van der Waals surface area contributed by atoms with Crippen LogP contribution in [0.5, 0.6) is 0 Å². The van der Waals surface area contributed by atoms with E-state index < -0.39 is 6.09 Å². The normalized spacial score (nSPS) is 14.3. The first-order valence-electron chi connectivity index (χ1n) is 8.15. The summed E-state index contributed by atoms with van der Waals surface area (Å²) in [4.78, 5) is 32.5. The molecule has 1 aromatic heterocycles. The summed E-state index contributed by atoms with van der Waals surface area (Å²) in [5.41, 5.74) is 1.10. The minimum Gasteiger partial charge on any atom is -0.450 e. The second-order valence-corrected chi connectivity index (χ2v) is 6.39. The Balaban J connectivity index is 1.61. The molecule has 1 saturated heterocycles. The van der Waals surface area contributed by atoms with Crippen LogP contribution in [-0.4, -0.2) is 54.7 Å². The maximum Gasteiger partial charge on any atom is 0.411 e. The second-order valence-electron chi connectivity index (χ2n) is 5.52. The molecule has 1 N–H and O–H groups in total. The predicted octanol–water partition coefficient (Wildman–Crippen LogP) is 2.67. The van der Waals surface area contributed by atoms with Gasteiger partial charge in [-0.2, -0.15) is 0 Å². The number of hydrogen-bond acceptors (Lipinski definition) is 6. The summed E-state index contributed by atoms with van der Waals surface area (Å²) in [7, 11) is 0. The van der Waals surface area contributed by atoms with Crippen molar-refractivity contribution in [1.82, 2.24) is 9.88 Å². The van der Waals surface area contributed by atoms with Crippen LogP contribution in [0.15, 0.2) is 35.8 Å². The van der Waals surface area contributed by atoms with Gasteiger partial charge in [0, 0.05) is 49.0 Å². The molecular weight excluding hydrogens is 340 g/mol. The van der Waals surface area contributed by atoms with Crippen LogP contribution in [0, 0.1) is 0 Å². The molecule has 2 heterocycles. The van der Waals surface area contributed by atoms with Crippen LogP contribution in [0.3, 0.4) is 0 Å². The molecule has 8 heteroatoms. The zero-order chi connectivity index (χ0) is 17.6. The van der Waals surface area contributed by atoms with Crippen molar-refractivity contribution in [2.45, 2.75) is 6.92 Å². The number of ether oxygens (including phenoxy) is 1. The highest BCUT2D eigenvalue weighted by atomic mass is 32.1. The van der Waals surface area contributed by atoms with Gasteiger partial charge in [0.1, 0.15) is 0 Å². The van der Waals surface area contributed by atoms with Crippen molar-refractivity contribution in [3.63, 3.8) is 0 Å². The van der Waals surface area contributed by atoms with Crippen molar-refractivity contribution in [2.24, 2.45) is 0 Å². The largest absolute Gasteiger partial charge is 0.450 e. The minimum atomic E-state index is -0.524. The summed E-state index contributed by atoms with van der Waals surface area (Å²) in [5.74, 6) is -0.0358. The van der Waals surface area contributed by atoms with Gasteiger partial charge in [-0.05, 0) is 25.1 Å². The molecule has 2 aromatic rings. The highest BCUT2D eigenvalue weighted by Gasteiger charge is 2.23. The Morgan fingerprint density at radius 2 is 2.08 bits per heavy atom. The first-order valence-corrected chi connectivity index (χ1v) is 9.03. The van der Waals surface area contributed by atoms with Crippen molar-refractivity contribution < 1.29 is 14.3 Å². The van der Waals surface area contributed by atoms with E-state index in [-0.39, 0.29) is 5.91 Å². The average Bonchev–Trinajstić information content (AvgIpc) is 3.16. The zero-order valence-corrected chi connectivity index (χ0v) is 14.8. The first kappa shape index (κ1) is 17.2. The summed E-state index contributed by atoms with van der Waals surface area (Å²) >= 11 is 1.61. The molecule has 3 rings (SSSR count). The van der Waals surface area contributed by atoms with Crippen LogP contribution in [-0.2, 0) is 4.74 Å². The van der Waals surface area contributed by atoms with E-state index in [1.54, 1.807) is 48.7 Å². The Morgan fingerprint density at radius 3 is 2.76 bits per heavy atom. The van der Waals surface area contributed by atoms with Gasteiger partial charge in [0.25, 0.3) is 5.91 Å². The number of anilines is 2. The molecule has 0 spiro atoms. The van der Waals surface area contributed by atoms with Crippen molar-refractivity contribution in [2.75, 3.05) is 43.0 Å². The zero-order valence-electron chi connectivity index (χ0n) is 14.0. The SMILES string of the molecule is CCOC(=O)Nc1cccc(C(=O)N2CCN(c3nccs3)CC2)c1. The van der Waals surface area contributed by atoms with E-state index in [2.05, 4.69) is 15.2 Å².